The molecule has 0 aliphatic carbocycles. The van der Waals surface area contributed by atoms with Gasteiger partial charge >= 0.3 is 0 Å². The van der Waals surface area contributed by atoms with Gasteiger partial charge in [-0.15, -0.1) is 0 Å². The zero-order valence-electron chi connectivity index (χ0n) is 12.7. The van der Waals surface area contributed by atoms with Crippen molar-refractivity contribution in [2.75, 3.05) is 32.8 Å². The maximum Gasteiger partial charge on any atom is 0.252 e. The molecule has 3 rings (SSSR count). The molecule has 1 fully saturated rings. The van der Waals surface area contributed by atoms with Gasteiger partial charge in [-0.05, 0) is 29.1 Å². The highest BCUT2D eigenvalue weighted by atomic mass is 32.1. The fourth-order valence-electron chi connectivity index (χ4n) is 2.72. The van der Waals surface area contributed by atoms with Crippen molar-refractivity contribution in [1.82, 2.24) is 10.2 Å². The van der Waals surface area contributed by atoms with Crippen LogP contribution < -0.4 is 5.32 Å². The summed E-state index contributed by atoms with van der Waals surface area (Å²) < 4.78 is 18.6. The van der Waals surface area contributed by atoms with Gasteiger partial charge in [0.25, 0.3) is 5.91 Å². The fourth-order valence-corrected chi connectivity index (χ4v) is 3.35. The van der Waals surface area contributed by atoms with Crippen molar-refractivity contribution in [1.29, 1.82) is 0 Å². The van der Waals surface area contributed by atoms with Gasteiger partial charge < -0.3 is 10.1 Å². The summed E-state index contributed by atoms with van der Waals surface area (Å²) in [5, 5.41) is 6.70. The third kappa shape index (κ3) is 4.16. The second-order valence-corrected chi connectivity index (χ2v) is 6.22. The summed E-state index contributed by atoms with van der Waals surface area (Å²) in [4.78, 5) is 14.4. The van der Waals surface area contributed by atoms with Gasteiger partial charge in [0.05, 0.1) is 19.3 Å². The van der Waals surface area contributed by atoms with E-state index < -0.39 is 0 Å². The zero-order chi connectivity index (χ0) is 16.1. The zero-order valence-corrected chi connectivity index (χ0v) is 13.5. The van der Waals surface area contributed by atoms with Gasteiger partial charge in [0, 0.05) is 30.6 Å². The number of hydrogen-bond acceptors (Lipinski definition) is 4. The van der Waals surface area contributed by atoms with Gasteiger partial charge in [0.2, 0.25) is 0 Å². The summed E-state index contributed by atoms with van der Waals surface area (Å²) in [7, 11) is 0. The first kappa shape index (κ1) is 16.1. The van der Waals surface area contributed by atoms with Crippen molar-refractivity contribution in [2.45, 2.75) is 6.04 Å². The smallest absolute Gasteiger partial charge is 0.252 e. The Morgan fingerprint density at radius 2 is 2.00 bits per heavy atom. The molecule has 1 aliphatic heterocycles. The van der Waals surface area contributed by atoms with Crippen molar-refractivity contribution >= 4 is 17.2 Å². The van der Waals surface area contributed by atoms with Crippen LogP contribution in [0.15, 0.2) is 41.1 Å². The minimum Gasteiger partial charge on any atom is -0.379 e. The van der Waals surface area contributed by atoms with Crippen molar-refractivity contribution in [3.05, 3.63) is 58.0 Å². The van der Waals surface area contributed by atoms with E-state index in [1.165, 1.54) is 23.5 Å². The van der Waals surface area contributed by atoms with Crippen LogP contribution in [0.2, 0.25) is 0 Å². The van der Waals surface area contributed by atoms with Gasteiger partial charge in [-0.3, -0.25) is 9.69 Å². The molecule has 1 aliphatic rings. The minimum absolute atomic E-state index is 0.0158. The van der Waals surface area contributed by atoms with E-state index in [9.17, 15) is 9.18 Å². The number of ether oxygens (including phenoxy) is 1. The van der Waals surface area contributed by atoms with E-state index in [-0.39, 0.29) is 17.8 Å². The second-order valence-electron chi connectivity index (χ2n) is 5.44. The van der Waals surface area contributed by atoms with Gasteiger partial charge in [-0.2, -0.15) is 11.3 Å². The maximum absolute atomic E-state index is 13.2. The Hall–Kier alpha value is -1.76. The number of nitrogens with one attached hydrogen (secondary N) is 1. The first-order valence-corrected chi connectivity index (χ1v) is 8.56. The Labute approximate surface area is 138 Å². The molecule has 2 aromatic rings. The van der Waals surface area contributed by atoms with Crippen LogP contribution in [0, 0.1) is 5.82 Å². The van der Waals surface area contributed by atoms with Crippen LogP contribution in [0.5, 0.6) is 0 Å². The monoisotopic (exact) mass is 334 g/mol. The SMILES string of the molecule is O=C(NCC(c1ccc(F)cc1)N1CCOCC1)c1ccsc1. The van der Waals surface area contributed by atoms with E-state index in [2.05, 4.69) is 10.2 Å². The van der Waals surface area contributed by atoms with Crippen LogP contribution in [-0.2, 0) is 4.74 Å². The molecule has 1 atom stereocenters. The molecular weight excluding hydrogens is 315 g/mol. The number of nitrogens with zero attached hydrogens (tertiary/aromatic N) is 1. The predicted molar refractivity (Wildman–Crippen MR) is 88.2 cm³/mol. The summed E-state index contributed by atoms with van der Waals surface area (Å²) in [5.74, 6) is -0.330. The average Bonchev–Trinajstić information content (AvgIpc) is 3.12. The molecule has 0 bridgehead atoms. The van der Waals surface area contributed by atoms with Crippen LogP contribution in [-0.4, -0.2) is 43.7 Å². The molecule has 0 saturated carbocycles. The normalized spacial score (nSPS) is 16.9. The third-order valence-corrected chi connectivity index (χ3v) is 4.66. The molecule has 1 aromatic carbocycles. The third-order valence-electron chi connectivity index (χ3n) is 3.98. The molecule has 1 aromatic heterocycles. The Morgan fingerprint density at radius 1 is 1.26 bits per heavy atom. The van der Waals surface area contributed by atoms with Crippen LogP contribution in [0.1, 0.15) is 22.0 Å². The molecule has 23 heavy (non-hydrogen) atoms. The quantitative estimate of drug-likeness (QED) is 0.914. The molecule has 122 valence electrons. The lowest BCUT2D eigenvalue weighted by atomic mass is 10.0. The number of hydrogen-bond donors (Lipinski definition) is 1. The van der Waals surface area contributed by atoms with Crippen molar-refractivity contribution in [3.63, 3.8) is 0 Å². The largest absolute Gasteiger partial charge is 0.379 e. The van der Waals surface area contributed by atoms with E-state index in [0.29, 0.717) is 25.3 Å². The molecule has 6 heteroatoms. The van der Waals surface area contributed by atoms with E-state index >= 15 is 0 Å². The number of rotatable bonds is 5. The minimum atomic E-state index is -0.253. The summed E-state index contributed by atoms with van der Waals surface area (Å²) in [5.41, 5.74) is 1.67. The van der Waals surface area contributed by atoms with E-state index in [1.54, 1.807) is 12.1 Å². The lowest BCUT2D eigenvalue weighted by Gasteiger charge is -2.34. The van der Waals surface area contributed by atoms with Gasteiger partial charge in [-0.1, -0.05) is 12.1 Å². The fraction of sp³-hybridized carbons (Fsp3) is 0.353. The number of carbonyl (C=O) groups is 1. The lowest BCUT2D eigenvalue weighted by Crippen LogP contribution is -2.43. The van der Waals surface area contributed by atoms with Gasteiger partial charge in [-0.25, -0.2) is 4.39 Å². The van der Waals surface area contributed by atoms with E-state index in [1.807, 2.05) is 16.8 Å². The highest BCUT2D eigenvalue weighted by Crippen LogP contribution is 2.22. The van der Waals surface area contributed by atoms with Gasteiger partial charge in [0.1, 0.15) is 5.82 Å². The maximum atomic E-state index is 13.2. The first-order chi connectivity index (χ1) is 11.2. The lowest BCUT2D eigenvalue weighted by molar-refractivity contribution is 0.0162. The Morgan fingerprint density at radius 3 is 2.65 bits per heavy atom. The second kappa shape index (κ2) is 7.68. The number of morpholine rings is 1. The summed E-state index contributed by atoms with van der Waals surface area (Å²) in [6, 6.07) is 8.31. The summed E-state index contributed by atoms with van der Waals surface area (Å²) in [6.45, 7) is 3.44. The highest BCUT2D eigenvalue weighted by Gasteiger charge is 2.23. The number of amides is 1. The average molecular weight is 334 g/mol. The first-order valence-electron chi connectivity index (χ1n) is 7.62. The van der Waals surface area contributed by atoms with Crippen molar-refractivity contribution in [3.8, 4) is 0 Å². The van der Waals surface area contributed by atoms with E-state index in [0.717, 1.165) is 18.7 Å². The molecule has 1 N–H and O–H groups in total. The molecule has 1 saturated heterocycles. The molecule has 1 amide bonds. The van der Waals surface area contributed by atoms with Crippen LogP contribution in [0.3, 0.4) is 0 Å². The molecule has 0 radical (unpaired) electrons. The highest BCUT2D eigenvalue weighted by molar-refractivity contribution is 7.08. The Balaban J connectivity index is 1.72. The number of benzene rings is 1. The van der Waals surface area contributed by atoms with Crippen molar-refractivity contribution < 1.29 is 13.9 Å². The predicted octanol–water partition coefficient (Wildman–Crippen LogP) is 2.69. The topological polar surface area (TPSA) is 41.6 Å². The van der Waals surface area contributed by atoms with E-state index in [4.69, 9.17) is 4.74 Å². The summed E-state index contributed by atoms with van der Waals surface area (Å²) in [6.07, 6.45) is 0. The van der Waals surface area contributed by atoms with Crippen molar-refractivity contribution in [2.24, 2.45) is 0 Å². The molecule has 0 spiro atoms. The van der Waals surface area contributed by atoms with Crippen LogP contribution in [0.25, 0.3) is 0 Å². The Bertz CT molecular complexity index is 625. The molecule has 1 unspecified atom stereocenters. The number of thiophene rings is 1. The molecule has 4 nitrogen and oxygen atoms in total. The molecule has 2 heterocycles. The van der Waals surface area contributed by atoms with Crippen LogP contribution >= 0.6 is 11.3 Å². The summed E-state index contributed by atoms with van der Waals surface area (Å²) >= 11 is 1.50. The standard InChI is InChI=1S/C17H19FN2O2S/c18-15-3-1-13(2-4-15)16(20-6-8-22-9-7-20)11-19-17(21)14-5-10-23-12-14/h1-5,10,12,16H,6-9,11H2,(H,19,21). The number of carbonyl (C=O) groups excluding carboxylic acids is 1. The molecular formula is C17H19FN2O2S. The van der Waals surface area contributed by atoms with Crippen LogP contribution in [0.4, 0.5) is 4.39 Å². The number of halogens is 1. The van der Waals surface area contributed by atoms with Gasteiger partial charge in [0.15, 0.2) is 0 Å². The Kier molecular flexibility index (Phi) is 5.38.